The molecular formula is C14H13N5O2S. The Balaban J connectivity index is 1.86. The topological polar surface area (TPSA) is 101 Å². The standard InChI is InChI=1S/C14H13N5O2S/c1-10-3-2-4-12(9-10)17-22(20,21)13-7-5-11(6-8-13)14-15-18-19-16-14/h2-9,17H,1H3,(H,15,16,18,19). The van der Waals surface area contributed by atoms with Crippen LogP contribution in [0.25, 0.3) is 11.4 Å². The van der Waals surface area contributed by atoms with Gasteiger partial charge in [0.25, 0.3) is 10.0 Å². The van der Waals surface area contributed by atoms with Crippen molar-refractivity contribution >= 4 is 15.7 Å². The van der Waals surface area contributed by atoms with E-state index in [1.165, 1.54) is 12.1 Å². The smallest absolute Gasteiger partial charge is 0.261 e. The molecule has 0 aliphatic heterocycles. The van der Waals surface area contributed by atoms with Crippen molar-refractivity contribution in [1.29, 1.82) is 0 Å². The predicted molar refractivity (Wildman–Crippen MR) is 81.6 cm³/mol. The van der Waals surface area contributed by atoms with Crippen molar-refractivity contribution < 1.29 is 8.42 Å². The quantitative estimate of drug-likeness (QED) is 0.766. The fraction of sp³-hybridized carbons (Fsp3) is 0.0714. The minimum absolute atomic E-state index is 0.172. The summed E-state index contributed by atoms with van der Waals surface area (Å²) in [6.45, 7) is 1.90. The number of hydrogen-bond donors (Lipinski definition) is 2. The highest BCUT2D eigenvalue weighted by Gasteiger charge is 2.14. The summed E-state index contributed by atoms with van der Waals surface area (Å²) in [5, 5.41) is 13.4. The van der Waals surface area contributed by atoms with E-state index >= 15 is 0 Å². The molecular weight excluding hydrogens is 302 g/mol. The minimum atomic E-state index is -3.63. The molecule has 0 saturated heterocycles. The van der Waals surface area contributed by atoms with Crippen molar-refractivity contribution in [3.05, 3.63) is 54.1 Å². The number of nitrogens with zero attached hydrogens (tertiary/aromatic N) is 3. The predicted octanol–water partition coefficient (Wildman–Crippen LogP) is 1.98. The van der Waals surface area contributed by atoms with Crippen molar-refractivity contribution in [2.24, 2.45) is 0 Å². The second-order valence-electron chi connectivity index (χ2n) is 4.75. The Morgan fingerprint density at radius 2 is 1.86 bits per heavy atom. The number of benzene rings is 2. The van der Waals surface area contributed by atoms with Gasteiger partial charge < -0.3 is 0 Å². The van der Waals surface area contributed by atoms with Gasteiger partial charge in [0, 0.05) is 11.3 Å². The van der Waals surface area contributed by atoms with Gasteiger partial charge in [-0.25, -0.2) is 13.5 Å². The lowest BCUT2D eigenvalue weighted by Crippen LogP contribution is -2.12. The highest BCUT2D eigenvalue weighted by molar-refractivity contribution is 7.92. The summed E-state index contributed by atoms with van der Waals surface area (Å²) in [5.41, 5.74) is 2.22. The van der Waals surface area contributed by atoms with Crippen molar-refractivity contribution in [2.75, 3.05) is 4.72 Å². The molecule has 0 aliphatic carbocycles. The van der Waals surface area contributed by atoms with Crippen LogP contribution < -0.4 is 4.72 Å². The van der Waals surface area contributed by atoms with Gasteiger partial charge in [0.2, 0.25) is 0 Å². The average Bonchev–Trinajstić information content (AvgIpc) is 3.01. The fourth-order valence-electron chi connectivity index (χ4n) is 2.00. The lowest BCUT2D eigenvalue weighted by atomic mass is 10.2. The van der Waals surface area contributed by atoms with E-state index in [4.69, 9.17) is 0 Å². The number of H-pyrrole nitrogens is 1. The molecule has 0 fully saturated rings. The number of hydrogen-bond acceptors (Lipinski definition) is 5. The number of rotatable bonds is 4. The Kier molecular flexibility index (Phi) is 3.60. The maximum Gasteiger partial charge on any atom is 0.261 e. The number of anilines is 1. The molecule has 3 aromatic rings. The Bertz CT molecular complexity index is 874. The van der Waals surface area contributed by atoms with E-state index in [0.29, 0.717) is 17.1 Å². The largest absolute Gasteiger partial charge is 0.280 e. The van der Waals surface area contributed by atoms with Gasteiger partial charge in [0.05, 0.1) is 4.90 Å². The summed E-state index contributed by atoms with van der Waals surface area (Å²) in [6, 6.07) is 13.5. The Labute approximate surface area is 127 Å². The fourth-order valence-corrected chi connectivity index (χ4v) is 3.05. The maximum absolute atomic E-state index is 12.4. The molecule has 2 aromatic carbocycles. The van der Waals surface area contributed by atoms with Crippen LogP contribution in [0.3, 0.4) is 0 Å². The zero-order valence-corrected chi connectivity index (χ0v) is 12.5. The van der Waals surface area contributed by atoms with E-state index in [1.54, 1.807) is 30.3 Å². The SMILES string of the molecule is Cc1cccc(NS(=O)(=O)c2ccc(-c3nnn[nH]3)cc2)c1. The average molecular weight is 315 g/mol. The number of sulfonamides is 1. The first-order valence-electron chi connectivity index (χ1n) is 6.48. The van der Waals surface area contributed by atoms with Gasteiger partial charge in [-0.15, -0.1) is 5.10 Å². The molecule has 0 radical (unpaired) electrons. The van der Waals surface area contributed by atoms with Crippen LogP contribution in [0.1, 0.15) is 5.56 Å². The molecule has 0 amide bonds. The van der Waals surface area contributed by atoms with Crippen LogP contribution in [0.4, 0.5) is 5.69 Å². The van der Waals surface area contributed by atoms with Gasteiger partial charge in [0.15, 0.2) is 5.82 Å². The van der Waals surface area contributed by atoms with Gasteiger partial charge in [-0.2, -0.15) is 0 Å². The van der Waals surface area contributed by atoms with Gasteiger partial charge in [-0.05, 0) is 59.3 Å². The van der Waals surface area contributed by atoms with Crippen molar-refractivity contribution in [2.45, 2.75) is 11.8 Å². The normalized spacial score (nSPS) is 11.3. The van der Waals surface area contributed by atoms with Crippen LogP contribution in [0.5, 0.6) is 0 Å². The molecule has 1 heterocycles. The molecule has 0 unspecified atom stereocenters. The summed E-state index contributed by atoms with van der Waals surface area (Å²) < 4.78 is 27.3. The Morgan fingerprint density at radius 3 is 2.50 bits per heavy atom. The zero-order valence-electron chi connectivity index (χ0n) is 11.7. The highest BCUT2D eigenvalue weighted by atomic mass is 32.2. The van der Waals surface area contributed by atoms with Crippen LogP contribution >= 0.6 is 0 Å². The number of aromatic nitrogens is 4. The maximum atomic E-state index is 12.4. The lowest BCUT2D eigenvalue weighted by Gasteiger charge is -2.09. The third-order valence-corrected chi connectivity index (χ3v) is 4.45. The molecule has 112 valence electrons. The number of nitrogens with one attached hydrogen (secondary N) is 2. The molecule has 0 atom stereocenters. The third kappa shape index (κ3) is 2.96. The third-order valence-electron chi connectivity index (χ3n) is 3.05. The van der Waals surface area contributed by atoms with Crippen LogP contribution in [-0.2, 0) is 10.0 Å². The number of tetrazole rings is 1. The minimum Gasteiger partial charge on any atom is -0.280 e. The van der Waals surface area contributed by atoms with Gasteiger partial charge >= 0.3 is 0 Å². The summed E-state index contributed by atoms with van der Waals surface area (Å²) in [5.74, 6) is 0.482. The van der Waals surface area contributed by atoms with Crippen LogP contribution in [0, 0.1) is 6.92 Å². The van der Waals surface area contributed by atoms with Crippen molar-refractivity contribution in [3.8, 4) is 11.4 Å². The molecule has 7 nitrogen and oxygen atoms in total. The van der Waals surface area contributed by atoms with E-state index < -0.39 is 10.0 Å². The second kappa shape index (κ2) is 5.57. The van der Waals surface area contributed by atoms with Crippen molar-refractivity contribution in [3.63, 3.8) is 0 Å². The first-order chi connectivity index (χ1) is 10.5. The van der Waals surface area contributed by atoms with Gasteiger partial charge in [-0.1, -0.05) is 12.1 Å². The Morgan fingerprint density at radius 1 is 1.09 bits per heavy atom. The zero-order chi connectivity index (χ0) is 15.6. The van der Waals surface area contributed by atoms with E-state index in [0.717, 1.165) is 5.56 Å². The van der Waals surface area contributed by atoms with E-state index in [2.05, 4.69) is 25.3 Å². The van der Waals surface area contributed by atoms with E-state index in [-0.39, 0.29) is 4.90 Å². The number of aryl methyl sites for hydroxylation is 1. The monoisotopic (exact) mass is 315 g/mol. The molecule has 0 spiro atoms. The molecule has 0 bridgehead atoms. The number of aromatic amines is 1. The summed E-state index contributed by atoms with van der Waals surface area (Å²) >= 11 is 0. The van der Waals surface area contributed by atoms with Gasteiger partial charge in [0.1, 0.15) is 0 Å². The molecule has 8 heteroatoms. The lowest BCUT2D eigenvalue weighted by molar-refractivity contribution is 0.601. The molecule has 0 aliphatic rings. The first kappa shape index (κ1) is 14.2. The van der Waals surface area contributed by atoms with Crippen LogP contribution in [-0.4, -0.2) is 29.0 Å². The van der Waals surface area contributed by atoms with Crippen molar-refractivity contribution in [1.82, 2.24) is 20.6 Å². The molecule has 22 heavy (non-hydrogen) atoms. The molecule has 1 aromatic heterocycles. The molecule has 2 N–H and O–H groups in total. The summed E-state index contributed by atoms with van der Waals surface area (Å²) in [4.78, 5) is 0.172. The van der Waals surface area contributed by atoms with Gasteiger partial charge in [-0.3, -0.25) is 4.72 Å². The Hall–Kier alpha value is -2.74. The molecule has 0 saturated carbocycles. The van der Waals surface area contributed by atoms with E-state index in [1.807, 2.05) is 13.0 Å². The van der Waals surface area contributed by atoms with Crippen LogP contribution in [0.2, 0.25) is 0 Å². The summed E-state index contributed by atoms with van der Waals surface area (Å²) in [7, 11) is -3.63. The highest BCUT2D eigenvalue weighted by Crippen LogP contribution is 2.20. The van der Waals surface area contributed by atoms with Crippen LogP contribution in [0.15, 0.2) is 53.4 Å². The second-order valence-corrected chi connectivity index (χ2v) is 6.43. The first-order valence-corrected chi connectivity index (χ1v) is 7.96. The summed E-state index contributed by atoms with van der Waals surface area (Å²) in [6.07, 6.45) is 0. The molecule has 3 rings (SSSR count). The van der Waals surface area contributed by atoms with E-state index in [9.17, 15) is 8.42 Å².